The van der Waals surface area contributed by atoms with Crippen LogP contribution in [0.3, 0.4) is 0 Å². The van der Waals surface area contributed by atoms with E-state index in [0.717, 1.165) is 30.8 Å². The molecule has 0 saturated carbocycles. The Balaban J connectivity index is 2.47. The highest BCUT2D eigenvalue weighted by Gasteiger charge is 1.96. The minimum Gasteiger partial charge on any atom is -0.385 e. The van der Waals surface area contributed by atoms with Crippen LogP contribution >= 0.6 is 0 Å². The van der Waals surface area contributed by atoms with Gasteiger partial charge in [-0.1, -0.05) is 12.1 Å². The van der Waals surface area contributed by atoms with Crippen LogP contribution in [0.15, 0.2) is 36.9 Å². The maximum absolute atomic E-state index is 10.9. The number of hydrogen-bond donors (Lipinski definition) is 2. The second-order valence-electron chi connectivity index (χ2n) is 3.62. The predicted octanol–water partition coefficient (Wildman–Crippen LogP) is 3.02. The van der Waals surface area contributed by atoms with Gasteiger partial charge in [-0.2, -0.15) is 0 Å². The molecule has 2 N–H and O–H groups in total. The fourth-order valence-electron chi connectivity index (χ4n) is 1.39. The van der Waals surface area contributed by atoms with Gasteiger partial charge in [0.2, 0.25) is 5.91 Å². The lowest BCUT2D eigenvalue weighted by Gasteiger charge is -2.08. The third-order valence-corrected chi connectivity index (χ3v) is 2.10. The summed E-state index contributed by atoms with van der Waals surface area (Å²) in [7, 11) is 0. The summed E-state index contributed by atoms with van der Waals surface area (Å²) in [6, 6.07) is 7.70. The predicted molar refractivity (Wildman–Crippen MR) is 68.7 cm³/mol. The zero-order chi connectivity index (χ0) is 11.8. The second kappa shape index (κ2) is 6.67. The van der Waals surface area contributed by atoms with Crippen LogP contribution in [0.25, 0.3) is 0 Å². The molecule has 0 aliphatic rings. The molecule has 0 bridgehead atoms. The minimum atomic E-state index is -0.0520. The largest absolute Gasteiger partial charge is 0.385 e. The molecule has 0 radical (unpaired) electrons. The van der Waals surface area contributed by atoms with Crippen LogP contribution in [0.1, 0.15) is 19.8 Å². The number of amides is 1. The molecule has 1 aromatic carbocycles. The quantitative estimate of drug-likeness (QED) is 0.569. The first-order valence-corrected chi connectivity index (χ1v) is 5.45. The van der Waals surface area contributed by atoms with Crippen molar-refractivity contribution in [1.82, 2.24) is 0 Å². The van der Waals surface area contributed by atoms with Crippen molar-refractivity contribution in [3.8, 4) is 0 Å². The lowest BCUT2D eigenvalue weighted by molar-refractivity contribution is -0.114. The average molecular weight is 218 g/mol. The van der Waals surface area contributed by atoms with Crippen molar-refractivity contribution < 1.29 is 4.79 Å². The molecular formula is C13H18N2O. The summed E-state index contributed by atoms with van der Waals surface area (Å²) < 4.78 is 0. The monoisotopic (exact) mass is 218 g/mol. The average Bonchev–Trinajstić information content (AvgIpc) is 2.24. The summed E-state index contributed by atoms with van der Waals surface area (Å²) >= 11 is 0. The van der Waals surface area contributed by atoms with E-state index in [1.165, 1.54) is 6.92 Å². The summed E-state index contributed by atoms with van der Waals surface area (Å²) in [5, 5.41) is 6.05. The molecule has 86 valence electrons. The topological polar surface area (TPSA) is 41.1 Å². The maximum atomic E-state index is 10.9. The molecule has 0 aliphatic heterocycles. The van der Waals surface area contributed by atoms with Crippen molar-refractivity contribution in [2.75, 3.05) is 17.2 Å². The molecule has 16 heavy (non-hydrogen) atoms. The van der Waals surface area contributed by atoms with E-state index in [2.05, 4.69) is 17.2 Å². The molecule has 3 heteroatoms. The highest BCUT2D eigenvalue weighted by molar-refractivity contribution is 5.89. The Labute approximate surface area is 96.6 Å². The van der Waals surface area contributed by atoms with E-state index < -0.39 is 0 Å². The van der Waals surface area contributed by atoms with Crippen LogP contribution in [0.4, 0.5) is 11.4 Å². The molecule has 0 aromatic heterocycles. The van der Waals surface area contributed by atoms with Gasteiger partial charge in [0.05, 0.1) is 0 Å². The van der Waals surface area contributed by atoms with Gasteiger partial charge in [0.15, 0.2) is 0 Å². The molecule has 0 heterocycles. The first-order chi connectivity index (χ1) is 7.72. The first kappa shape index (κ1) is 12.3. The van der Waals surface area contributed by atoms with E-state index in [4.69, 9.17) is 0 Å². The SMILES string of the molecule is C=CCCCNc1cccc(NC(C)=O)c1. The normalized spacial score (nSPS) is 9.56. The highest BCUT2D eigenvalue weighted by Crippen LogP contribution is 2.14. The maximum Gasteiger partial charge on any atom is 0.221 e. The Morgan fingerprint density at radius 2 is 2.19 bits per heavy atom. The number of hydrogen-bond acceptors (Lipinski definition) is 2. The Morgan fingerprint density at radius 1 is 1.44 bits per heavy atom. The summed E-state index contributed by atoms with van der Waals surface area (Å²) in [5.74, 6) is -0.0520. The fraction of sp³-hybridized carbons (Fsp3) is 0.308. The summed E-state index contributed by atoms with van der Waals surface area (Å²) in [6.45, 7) is 6.09. The van der Waals surface area contributed by atoms with Crippen LogP contribution < -0.4 is 10.6 Å². The van der Waals surface area contributed by atoms with E-state index in [0.29, 0.717) is 0 Å². The first-order valence-electron chi connectivity index (χ1n) is 5.45. The summed E-state index contributed by atoms with van der Waals surface area (Å²) in [6.07, 6.45) is 3.99. The number of allylic oxidation sites excluding steroid dienone is 1. The second-order valence-corrected chi connectivity index (χ2v) is 3.62. The van der Waals surface area contributed by atoms with Crippen molar-refractivity contribution >= 4 is 17.3 Å². The van der Waals surface area contributed by atoms with Gasteiger partial charge in [-0.25, -0.2) is 0 Å². The zero-order valence-electron chi connectivity index (χ0n) is 9.62. The molecule has 0 saturated heterocycles. The van der Waals surface area contributed by atoms with Crippen LogP contribution in [-0.2, 0) is 4.79 Å². The number of carbonyl (C=O) groups excluding carboxylic acids is 1. The number of benzene rings is 1. The van der Waals surface area contributed by atoms with Gasteiger partial charge in [0, 0.05) is 24.8 Å². The molecule has 0 unspecified atom stereocenters. The van der Waals surface area contributed by atoms with Crippen LogP contribution in [-0.4, -0.2) is 12.5 Å². The third kappa shape index (κ3) is 4.64. The fourth-order valence-corrected chi connectivity index (χ4v) is 1.39. The zero-order valence-corrected chi connectivity index (χ0v) is 9.62. The van der Waals surface area contributed by atoms with Crippen LogP contribution in [0.5, 0.6) is 0 Å². The Kier molecular flexibility index (Phi) is 5.12. The van der Waals surface area contributed by atoms with Crippen molar-refractivity contribution in [1.29, 1.82) is 0 Å². The number of carbonyl (C=O) groups is 1. The van der Waals surface area contributed by atoms with E-state index in [9.17, 15) is 4.79 Å². The smallest absolute Gasteiger partial charge is 0.221 e. The van der Waals surface area contributed by atoms with Gasteiger partial charge < -0.3 is 10.6 Å². The van der Waals surface area contributed by atoms with Crippen molar-refractivity contribution in [2.24, 2.45) is 0 Å². The van der Waals surface area contributed by atoms with E-state index >= 15 is 0 Å². The van der Waals surface area contributed by atoms with Crippen LogP contribution in [0.2, 0.25) is 0 Å². The lowest BCUT2D eigenvalue weighted by atomic mass is 10.2. The van der Waals surface area contributed by atoms with Crippen molar-refractivity contribution in [3.63, 3.8) is 0 Å². The van der Waals surface area contributed by atoms with Gasteiger partial charge in [0.25, 0.3) is 0 Å². The van der Waals surface area contributed by atoms with Gasteiger partial charge in [-0.05, 0) is 31.0 Å². The number of rotatable bonds is 6. The van der Waals surface area contributed by atoms with Crippen molar-refractivity contribution in [2.45, 2.75) is 19.8 Å². The third-order valence-electron chi connectivity index (χ3n) is 2.10. The highest BCUT2D eigenvalue weighted by atomic mass is 16.1. The number of nitrogens with one attached hydrogen (secondary N) is 2. The lowest BCUT2D eigenvalue weighted by Crippen LogP contribution is -2.06. The van der Waals surface area contributed by atoms with Crippen molar-refractivity contribution in [3.05, 3.63) is 36.9 Å². The Bertz CT molecular complexity index is 361. The molecule has 0 atom stereocenters. The van der Waals surface area contributed by atoms with E-state index in [1.807, 2.05) is 30.3 Å². The summed E-state index contributed by atoms with van der Waals surface area (Å²) in [5.41, 5.74) is 1.84. The molecule has 1 aromatic rings. The Morgan fingerprint density at radius 3 is 2.88 bits per heavy atom. The molecule has 1 amide bonds. The van der Waals surface area contributed by atoms with E-state index in [1.54, 1.807) is 0 Å². The van der Waals surface area contributed by atoms with E-state index in [-0.39, 0.29) is 5.91 Å². The molecule has 0 fully saturated rings. The van der Waals surface area contributed by atoms with Crippen LogP contribution in [0, 0.1) is 0 Å². The van der Waals surface area contributed by atoms with Gasteiger partial charge in [0.1, 0.15) is 0 Å². The molecule has 0 spiro atoms. The summed E-state index contributed by atoms with van der Waals surface area (Å²) in [4.78, 5) is 10.9. The molecular weight excluding hydrogens is 200 g/mol. The molecule has 0 aliphatic carbocycles. The number of unbranched alkanes of at least 4 members (excludes halogenated alkanes) is 1. The Hall–Kier alpha value is -1.77. The number of anilines is 2. The van der Waals surface area contributed by atoms with Gasteiger partial charge in [-0.3, -0.25) is 4.79 Å². The minimum absolute atomic E-state index is 0.0520. The molecule has 3 nitrogen and oxygen atoms in total. The molecule has 1 rings (SSSR count). The van der Waals surface area contributed by atoms with Gasteiger partial charge in [-0.15, -0.1) is 6.58 Å². The van der Waals surface area contributed by atoms with Gasteiger partial charge >= 0.3 is 0 Å². The standard InChI is InChI=1S/C13H18N2O/c1-3-4-5-9-14-12-7-6-8-13(10-12)15-11(2)16/h3,6-8,10,14H,1,4-5,9H2,2H3,(H,15,16).